The Bertz CT molecular complexity index is 631. The first-order valence-corrected chi connectivity index (χ1v) is 8.25. The number of aliphatic imine (C=N–C) groups is 1. The van der Waals surface area contributed by atoms with E-state index in [1.54, 1.807) is 13.4 Å². The minimum atomic E-state index is 0. The van der Waals surface area contributed by atoms with E-state index < -0.39 is 0 Å². The molecular weight excluding hydrogens is 431 g/mol. The number of nitrogens with zero attached hydrogens (tertiary/aromatic N) is 4. The second-order valence-electron chi connectivity index (χ2n) is 5.46. The van der Waals surface area contributed by atoms with E-state index in [2.05, 4.69) is 32.7 Å². The molecule has 0 spiro atoms. The van der Waals surface area contributed by atoms with Crippen LogP contribution in [0, 0.1) is 0 Å². The summed E-state index contributed by atoms with van der Waals surface area (Å²) < 4.78 is 2.03. The summed E-state index contributed by atoms with van der Waals surface area (Å²) >= 11 is 0. The third-order valence-electron chi connectivity index (χ3n) is 3.89. The molecule has 2 aromatic rings. The van der Waals surface area contributed by atoms with Gasteiger partial charge >= 0.3 is 0 Å². The van der Waals surface area contributed by atoms with E-state index in [-0.39, 0.29) is 36.5 Å². The molecule has 3 N–H and O–H groups in total. The quantitative estimate of drug-likeness (QED) is 0.316. The van der Waals surface area contributed by atoms with Crippen molar-refractivity contribution in [2.75, 3.05) is 26.7 Å². The van der Waals surface area contributed by atoms with Crippen molar-refractivity contribution in [1.82, 2.24) is 25.4 Å². The van der Waals surface area contributed by atoms with E-state index in [1.165, 1.54) is 0 Å². The Hall–Kier alpha value is -1.68. The molecule has 0 aliphatic carbocycles. The van der Waals surface area contributed by atoms with Gasteiger partial charge in [-0.25, -0.2) is 0 Å². The van der Waals surface area contributed by atoms with Gasteiger partial charge in [-0.1, -0.05) is 37.3 Å². The molecule has 0 aliphatic heterocycles. The third-order valence-corrected chi connectivity index (χ3v) is 3.89. The maximum atomic E-state index is 9.61. The summed E-state index contributed by atoms with van der Waals surface area (Å²) in [4.78, 5) is 4.22. The van der Waals surface area contributed by atoms with Gasteiger partial charge in [-0.3, -0.25) is 4.99 Å². The second-order valence-corrected chi connectivity index (χ2v) is 5.46. The van der Waals surface area contributed by atoms with Crippen LogP contribution in [0.5, 0.6) is 0 Å². The van der Waals surface area contributed by atoms with Crippen molar-refractivity contribution in [3.63, 3.8) is 0 Å². The van der Waals surface area contributed by atoms with Gasteiger partial charge in [0.1, 0.15) is 12.2 Å². The van der Waals surface area contributed by atoms with E-state index in [0.717, 1.165) is 36.9 Å². The zero-order valence-electron chi connectivity index (χ0n) is 14.7. The van der Waals surface area contributed by atoms with Crippen LogP contribution in [-0.2, 0) is 13.0 Å². The third kappa shape index (κ3) is 6.62. The first-order chi connectivity index (χ1) is 11.8. The van der Waals surface area contributed by atoms with Crippen LogP contribution >= 0.6 is 24.0 Å². The van der Waals surface area contributed by atoms with Crippen LogP contribution in [0.2, 0.25) is 0 Å². The van der Waals surface area contributed by atoms with Gasteiger partial charge in [-0.2, -0.15) is 0 Å². The number of aliphatic hydroxyl groups excluding tert-OH is 1. The summed E-state index contributed by atoms with van der Waals surface area (Å²) in [5, 5.41) is 24.1. The normalized spacial score (nSPS) is 12.4. The molecule has 0 aliphatic rings. The number of aryl methyl sites for hydroxylation is 1. The minimum Gasteiger partial charge on any atom is -0.396 e. The van der Waals surface area contributed by atoms with Crippen molar-refractivity contribution >= 4 is 29.9 Å². The Labute approximate surface area is 166 Å². The molecule has 0 bridgehead atoms. The Morgan fingerprint density at radius 3 is 2.68 bits per heavy atom. The number of guanidine groups is 1. The van der Waals surface area contributed by atoms with Gasteiger partial charge < -0.3 is 20.3 Å². The number of aliphatic hydroxyl groups is 1. The lowest BCUT2D eigenvalue weighted by molar-refractivity contribution is 0.265. The molecule has 25 heavy (non-hydrogen) atoms. The number of hydrogen-bond acceptors (Lipinski definition) is 4. The van der Waals surface area contributed by atoms with E-state index in [9.17, 15) is 5.11 Å². The topological polar surface area (TPSA) is 87.4 Å². The van der Waals surface area contributed by atoms with E-state index in [4.69, 9.17) is 0 Å². The van der Waals surface area contributed by atoms with E-state index in [1.807, 2.05) is 34.9 Å². The number of rotatable bonds is 8. The van der Waals surface area contributed by atoms with Crippen molar-refractivity contribution < 1.29 is 5.11 Å². The summed E-state index contributed by atoms with van der Waals surface area (Å²) in [5.74, 6) is 1.73. The first kappa shape index (κ1) is 21.4. The molecule has 8 heteroatoms. The monoisotopic (exact) mass is 458 g/mol. The van der Waals surface area contributed by atoms with Gasteiger partial charge in [0, 0.05) is 39.0 Å². The van der Waals surface area contributed by atoms with Crippen molar-refractivity contribution in [1.29, 1.82) is 0 Å². The highest BCUT2D eigenvalue weighted by Gasteiger charge is 2.10. The molecule has 1 aromatic carbocycles. The van der Waals surface area contributed by atoms with Gasteiger partial charge in [0.05, 0.1) is 6.61 Å². The Morgan fingerprint density at radius 1 is 1.28 bits per heavy atom. The summed E-state index contributed by atoms with van der Waals surface area (Å²) in [7, 11) is 1.74. The summed E-state index contributed by atoms with van der Waals surface area (Å²) in [6, 6.07) is 9.99. The summed E-state index contributed by atoms with van der Waals surface area (Å²) in [5.41, 5.74) is 1.11. The van der Waals surface area contributed by atoms with Crippen LogP contribution in [0.15, 0.2) is 41.7 Å². The fourth-order valence-electron chi connectivity index (χ4n) is 2.49. The average Bonchev–Trinajstić information content (AvgIpc) is 3.09. The Balaban J connectivity index is 0.00000312. The van der Waals surface area contributed by atoms with Crippen LogP contribution in [0.3, 0.4) is 0 Å². The standard InChI is InChI=1S/C17H26N6O.HI/c1-3-16-22-21-13-23(16)10-9-19-17(18-2)20-11-15(12-24)14-7-5-4-6-8-14;/h4-8,13,15,24H,3,9-12H2,1-2H3,(H2,18,19,20);1H. The fraction of sp³-hybridized carbons (Fsp3) is 0.471. The van der Waals surface area contributed by atoms with Crippen LogP contribution in [0.4, 0.5) is 0 Å². The molecule has 7 nitrogen and oxygen atoms in total. The molecule has 2 rings (SSSR count). The molecule has 0 amide bonds. The molecule has 0 saturated heterocycles. The predicted octanol–water partition coefficient (Wildman–Crippen LogP) is 1.40. The lowest BCUT2D eigenvalue weighted by Gasteiger charge is -2.18. The maximum Gasteiger partial charge on any atom is 0.191 e. The van der Waals surface area contributed by atoms with Gasteiger partial charge in [-0.15, -0.1) is 34.2 Å². The molecule has 1 atom stereocenters. The smallest absolute Gasteiger partial charge is 0.191 e. The highest BCUT2D eigenvalue weighted by atomic mass is 127. The number of halogens is 1. The van der Waals surface area contributed by atoms with Crippen LogP contribution in [-0.4, -0.2) is 52.6 Å². The molecular formula is C17H27IN6O. The maximum absolute atomic E-state index is 9.61. The lowest BCUT2D eigenvalue weighted by Crippen LogP contribution is -2.41. The largest absolute Gasteiger partial charge is 0.396 e. The minimum absolute atomic E-state index is 0. The van der Waals surface area contributed by atoms with Crippen molar-refractivity contribution in [3.8, 4) is 0 Å². The van der Waals surface area contributed by atoms with Crippen molar-refractivity contribution in [2.45, 2.75) is 25.8 Å². The van der Waals surface area contributed by atoms with Crippen LogP contribution in [0.1, 0.15) is 24.2 Å². The van der Waals surface area contributed by atoms with E-state index >= 15 is 0 Å². The lowest BCUT2D eigenvalue weighted by atomic mass is 10.0. The van der Waals surface area contributed by atoms with Gasteiger partial charge in [0.2, 0.25) is 0 Å². The molecule has 138 valence electrons. The number of benzene rings is 1. The predicted molar refractivity (Wildman–Crippen MR) is 110 cm³/mol. The molecule has 1 aromatic heterocycles. The number of aromatic nitrogens is 3. The summed E-state index contributed by atoms with van der Waals surface area (Å²) in [6.45, 7) is 4.27. The van der Waals surface area contributed by atoms with Crippen molar-refractivity contribution in [2.24, 2.45) is 4.99 Å². The number of nitrogens with one attached hydrogen (secondary N) is 2. The van der Waals surface area contributed by atoms with Crippen LogP contribution in [0.25, 0.3) is 0 Å². The SMILES string of the molecule is CCc1nncn1CCNC(=NC)NCC(CO)c1ccccc1.I. The number of hydrogen-bond donors (Lipinski definition) is 3. The fourth-order valence-corrected chi connectivity index (χ4v) is 2.49. The Kier molecular flexibility index (Phi) is 10.1. The highest BCUT2D eigenvalue weighted by molar-refractivity contribution is 14.0. The zero-order valence-corrected chi connectivity index (χ0v) is 17.1. The molecule has 0 saturated carbocycles. The highest BCUT2D eigenvalue weighted by Crippen LogP contribution is 2.13. The van der Waals surface area contributed by atoms with Crippen LogP contribution < -0.4 is 10.6 Å². The van der Waals surface area contributed by atoms with Crippen molar-refractivity contribution in [3.05, 3.63) is 48.0 Å². The van der Waals surface area contributed by atoms with Gasteiger partial charge in [-0.05, 0) is 5.56 Å². The molecule has 1 unspecified atom stereocenters. The van der Waals surface area contributed by atoms with Gasteiger partial charge in [0.25, 0.3) is 0 Å². The molecule has 0 fully saturated rings. The van der Waals surface area contributed by atoms with E-state index in [0.29, 0.717) is 6.54 Å². The molecule has 0 radical (unpaired) electrons. The average molecular weight is 458 g/mol. The summed E-state index contributed by atoms with van der Waals surface area (Å²) in [6.07, 6.45) is 2.61. The Morgan fingerprint density at radius 2 is 2.04 bits per heavy atom. The molecule has 1 heterocycles. The zero-order chi connectivity index (χ0) is 17.2. The first-order valence-electron chi connectivity index (χ1n) is 8.25. The van der Waals surface area contributed by atoms with Gasteiger partial charge in [0.15, 0.2) is 5.96 Å². The second kappa shape index (κ2) is 11.8.